The van der Waals surface area contributed by atoms with Crippen LogP contribution in [-0.2, 0) is 4.74 Å². The van der Waals surface area contributed by atoms with Crippen molar-refractivity contribution in [3.05, 3.63) is 96.1 Å². The number of rotatable bonds is 11. The Labute approximate surface area is 195 Å². The van der Waals surface area contributed by atoms with Gasteiger partial charge in [-0.15, -0.1) is 0 Å². The Morgan fingerprint density at radius 3 is 2.12 bits per heavy atom. The summed E-state index contributed by atoms with van der Waals surface area (Å²) in [7, 11) is 0. The predicted octanol–water partition coefficient (Wildman–Crippen LogP) is 6.23. The first-order chi connectivity index (χ1) is 16.0. The number of nitriles is 1. The fourth-order valence-electron chi connectivity index (χ4n) is 3.13. The second-order valence-corrected chi connectivity index (χ2v) is 7.81. The molecule has 33 heavy (non-hydrogen) atoms. The smallest absolute Gasteiger partial charge is 0.255 e. The van der Waals surface area contributed by atoms with Crippen molar-refractivity contribution in [1.82, 2.24) is 0 Å². The summed E-state index contributed by atoms with van der Waals surface area (Å²) in [5.74, 6) is 0.559. The first-order valence-electron chi connectivity index (χ1n) is 10.9. The lowest BCUT2D eigenvalue weighted by molar-refractivity contribution is 0.102. The number of nitrogens with one attached hydrogen (secondary N) is 1. The standard InChI is InChI=1S/C28H28N2O3/c1-21(2)20-32-17-3-4-18-33-27-15-11-25(12-16-27)28(31)30-26-13-9-24(10-14-26)23-7-5-22(19-29)6-8-23/h5-16H,1,3-4,17-18,20H2,2H3,(H,30,31). The van der Waals surface area contributed by atoms with Gasteiger partial charge in [-0.3, -0.25) is 4.79 Å². The molecule has 0 saturated heterocycles. The molecule has 5 nitrogen and oxygen atoms in total. The number of amides is 1. The molecule has 0 bridgehead atoms. The molecule has 0 aliphatic carbocycles. The number of ether oxygens (including phenoxy) is 2. The summed E-state index contributed by atoms with van der Waals surface area (Å²) < 4.78 is 11.2. The van der Waals surface area contributed by atoms with Crippen molar-refractivity contribution in [2.24, 2.45) is 0 Å². The van der Waals surface area contributed by atoms with Crippen molar-refractivity contribution in [1.29, 1.82) is 5.26 Å². The quantitative estimate of drug-likeness (QED) is 0.283. The monoisotopic (exact) mass is 440 g/mol. The van der Waals surface area contributed by atoms with Crippen LogP contribution in [0.15, 0.2) is 84.9 Å². The number of carbonyl (C=O) groups excluding carboxylic acids is 1. The van der Waals surface area contributed by atoms with Crippen molar-refractivity contribution < 1.29 is 14.3 Å². The zero-order chi connectivity index (χ0) is 23.5. The summed E-state index contributed by atoms with van der Waals surface area (Å²) in [6.45, 7) is 7.66. The third-order valence-electron chi connectivity index (χ3n) is 4.91. The highest BCUT2D eigenvalue weighted by atomic mass is 16.5. The molecule has 0 heterocycles. The first kappa shape index (κ1) is 23.8. The molecule has 0 unspecified atom stereocenters. The van der Waals surface area contributed by atoms with Crippen molar-refractivity contribution in [2.75, 3.05) is 25.1 Å². The maximum absolute atomic E-state index is 12.6. The summed E-state index contributed by atoms with van der Waals surface area (Å²) in [5.41, 5.74) is 4.96. The Morgan fingerprint density at radius 2 is 1.52 bits per heavy atom. The lowest BCUT2D eigenvalue weighted by Crippen LogP contribution is -2.11. The Bertz CT molecular complexity index is 1100. The van der Waals surface area contributed by atoms with Gasteiger partial charge in [-0.25, -0.2) is 0 Å². The molecule has 0 spiro atoms. The Morgan fingerprint density at radius 1 is 0.909 bits per heavy atom. The second kappa shape index (κ2) is 12.2. The number of benzene rings is 3. The third-order valence-corrected chi connectivity index (χ3v) is 4.91. The zero-order valence-corrected chi connectivity index (χ0v) is 18.8. The highest BCUT2D eigenvalue weighted by Gasteiger charge is 2.07. The van der Waals surface area contributed by atoms with Crippen LogP contribution in [0.5, 0.6) is 5.75 Å². The Balaban J connectivity index is 1.45. The van der Waals surface area contributed by atoms with Crippen molar-refractivity contribution >= 4 is 11.6 Å². The van der Waals surface area contributed by atoms with E-state index in [2.05, 4.69) is 18.0 Å². The average molecular weight is 441 g/mol. The summed E-state index contributed by atoms with van der Waals surface area (Å²) in [4.78, 5) is 12.6. The fourth-order valence-corrected chi connectivity index (χ4v) is 3.13. The third kappa shape index (κ3) is 7.64. The summed E-state index contributed by atoms with van der Waals surface area (Å²) in [6, 6.07) is 24.3. The predicted molar refractivity (Wildman–Crippen MR) is 131 cm³/mol. The zero-order valence-electron chi connectivity index (χ0n) is 18.8. The van der Waals surface area contributed by atoms with Gasteiger partial charge in [-0.2, -0.15) is 5.26 Å². The average Bonchev–Trinajstić information content (AvgIpc) is 2.84. The number of nitrogens with zero attached hydrogens (tertiary/aromatic N) is 1. The maximum Gasteiger partial charge on any atom is 0.255 e. The molecule has 0 aliphatic rings. The van der Waals surface area contributed by atoms with E-state index in [-0.39, 0.29) is 5.91 Å². The topological polar surface area (TPSA) is 71.3 Å². The van der Waals surface area contributed by atoms with Gasteiger partial charge in [0.05, 0.1) is 24.8 Å². The molecule has 5 heteroatoms. The molecule has 0 fully saturated rings. The van der Waals surface area contributed by atoms with E-state index in [1.54, 1.807) is 36.4 Å². The van der Waals surface area contributed by atoms with Gasteiger partial charge < -0.3 is 14.8 Å². The summed E-state index contributed by atoms with van der Waals surface area (Å²) in [6.07, 6.45) is 1.83. The number of unbranched alkanes of at least 4 members (excludes halogenated alkanes) is 1. The van der Waals surface area contributed by atoms with Gasteiger partial charge in [0.1, 0.15) is 5.75 Å². The minimum absolute atomic E-state index is 0.178. The Hall–Kier alpha value is -3.88. The van der Waals surface area contributed by atoms with Crippen LogP contribution in [0.3, 0.4) is 0 Å². The molecule has 1 amide bonds. The molecular formula is C28H28N2O3. The number of anilines is 1. The maximum atomic E-state index is 12.6. The van der Waals surface area contributed by atoms with Crippen LogP contribution in [0.4, 0.5) is 5.69 Å². The Kier molecular flexibility index (Phi) is 8.81. The van der Waals surface area contributed by atoms with E-state index in [0.717, 1.165) is 35.3 Å². The van der Waals surface area contributed by atoms with E-state index >= 15 is 0 Å². The second-order valence-electron chi connectivity index (χ2n) is 7.81. The molecule has 3 aromatic carbocycles. The molecule has 0 radical (unpaired) electrons. The van der Waals surface area contributed by atoms with Crippen LogP contribution < -0.4 is 10.1 Å². The minimum atomic E-state index is -0.178. The van der Waals surface area contributed by atoms with E-state index in [0.29, 0.717) is 36.6 Å². The fraction of sp³-hybridized carbons (Fsp3) is 0.214. The van der Waals surface area contributed by atoms with Gasteiger partial charge in [-0.05, 0) is 79.4 Å². The highest BCUT2D eigenvalue weighted by Crippen LogP contribution is 2.22. The first-order valence-corrected chi connectivity index (χ1v) is 10.9. The van der Waals surface area contributed by atoms with Gasteiger partial charge in [-0.1, -0.05) is 36.4 Å². The van der Waals surface area contributed by atoms with Crippen LogP contribution in [0.2, 0.25) is 0 Å². The summed E-state index contributed by atoms with van der Waals surface area (Å²) >= 11 is 0. The van der Waals surface area contributed by atoms with Crippen LogP contribution in [0, 0.1) is 11.3 Å². The SMILES string of the molecule is C=C(C)COCCCCOc1ccc(C(=O)Nc2ccc(-c3ccc(C#N)cc3)cc2)cc1. The van der Waals surface area contributed by atoms with E-state index in [9.17, 15) is 4.79 Å². The molecule has 0 saturated carbocycles. The van der Waals surface area contributed by atoms with Crippen molar-refractivity contribution in [3.8, 4) is 22.9 Å². The molecule has 168 valence electrons. The van der Waals surface area contributed by atoms with Crippen LogP contribution in [-0.4, -0.2) is 25.7 Å². The number of carbonyl (C=O) groups is 1. The van der Waals surface area contributed by atoms with Crippen LogP contribution in [0.25, 0.3) is 11.1 Å². The van der Waals surface area contributed by atoms with Crippen LogP contribution >= 0.6 is 0 Å². The van der Waals surface area contributed by atoms with E-state index in [1.165, 1.54) is 0 Å². The molecule has 0 aliphatic heterocycles. The van der Waals surface area contributed by atoms with E-state index in [4.69, 9.17) is 14.7 Å². The van der Waals surface area contributed by atoms with Crippen LogP contribution in [0.1, 0.15) is 35.7 Å². The normalized spacial score (nSPS) is 10.3. The molecule has 0 atom stereocenters. The molecule has 0 aromatic heterocycles. The largest absolute Gasteiger partial charge is 0.494 e. The van der Waals surface area contributed by atoms with E-state index in [1.807, 2.05) is 43.3 Å². The lowest BCUT2D eigenvalue weighted by Gasteiger charge is -2.09. The lowest BCUT2D eigenvalue weighted by atomic mass is 10.0. The number of hydrogen-bond donors (Lipinski definition) is 1. The molecule has 3 aromatic rings. The van der Waals surface area contributed by atoms with Gasteiger partial charge >= 0.3 is 0 Å². The molecule has 3 rings (SSSR count). The minimum Gasteiger partial charge on any atom is -0.494 e. The van der Waals surface area contributed by atoms with Gasteiger partial charge in [0, 0.05) is 17.9 Å². The summed E-state index contributed by atoms with van der Waals surface area (Å²) in [5, 5.41) is 11.8. The molecule has 1 N–H and O–H groups in total. The van der Waals surface area contributed by atoms with Gasteiger partial charge in [0.25, 0.3) is 5.91 Å². The number of hydrogen-bond acceptors (Lipinski definition) is 4. The van der Waals surface area contributed by atoms with Crippen molar-refractivity contribution in [3.63, 3.8) is 0 Å². The van der Waals surface area contributed by atoms with E-state index < -0.39 is 0 Å². The molecular weight excluding hydrogens is 412 g/mol. The highest BCUT2D eigenvalue weighted by molar-refractivity contribution is 6.04. The van der Waals surface area contributed by atoms with Crippen molar-refractivity contribution in [2.45, 2.75) is 19.8 Å². The van der Waals surface area contributed by atoms with Gasteiger partial charge in [0.2, 0.25) is 0 Å². The van der Waals surface area contributed by atoms with Gasteiger partial charge in [0.15, 0.2) is 0 Å².